The molecule has 0 aliphatic heterocycles. The van der Waals surface area contributed by atoms with Gasteiger partial charge in [0.15, 0.2) is 0 Å². The van der Waals surface area contributed by atoms with Gasteiger partial charge in [-0.05, 0) is 43.2 Å². The number of benzene rings is 1. The van der Waals surface area contributed by atoms with E-state index in [1.807, 2.05) is 24.5 Å². The Balaban J connectivity index is 1.71. The highest BCUT2D eigenvalue weighted by molar-refractivity contribution is 6.00. The molecule has 2 aromatic rings. The molecule has 1 aromatic heterocycles. The summed E-state index contributed by atoms with van der Waals surface area (Å²) in [5, 5.41) is 24.9. The minimum Gasteiger partial charge on any atom is -0.507 e. The van der Waals surface area contributed by atoms with Gasteiger partial charge < -0.3 is 25.4 Å². The van der Waals surface area contributed by atoms with Crippen molar-refractivity contribution in [3.8, 4) is 11.4 Å². The number of aromatic hydroxyl groups is 1. The number of carbonyl (C=O) groups excluding carboxylic acids is 2. The number of nitrogens with one attached hydrogen (secondary N) is 2. The van der Waals surface area contributed by atoms with Gasteiger partial charge in [-0.15, -0.1) is 0 Å². The molecule has 1 heterocycles. The van der Waals surface area contributed by atoms with E-state index in [1.54, 1.807) is 10.6 Å². The summed E-state index contributed by atoms with van der Waals surface area (Å²) in [5.41, 5.74) is 0.747. The molecule has 7 heteroatoms. The lowest BCUT2D eigenvalue weighted by atomic mass is 10.1. The van der Waals surface area contributed by atoms with Gasteiger partial charge in [-0.3, -0.25) is 9.59 Å². The summed E-state index contributed by atoms with van der Waals surface area (Å²) in [5.74, 6) is -1.21. The molecular formula is C19H23N3O4. The van der Waals surface area contributed by atoms with Crippen molar-refractivity contribution in [2.45, 2.75) is 37.8 Å². The van der Waals surface area contributed by atoms with E-state index < -0.39 is 24.5 Å². The van der Waals surface area contributed by atoms with Crippen LogP contribution < -0.4 is 10.6 Å². The Kier molecular flexibility index (Phi) is 5.58. The number of rotatable bonds is 6. The third-order valence-electron chi connectivity index (χ3n) is 4.63. The Bertz CT molecular complexity index is 767. The minimum absolute atomic E-state index is 0.0447. The molecule has 0 spiro atoms. The van der Waals surface area contributed by atoms with Crippen molar-refractivity contribution < 1.29 is 19.8 Å². The van der Waals surface area contributed by atoms with E-state index in [9.17, 15) is 19.8 Å². The van der Waals surface area contributed by atoms with Gasteiger partial charge >= 0.3 is 0 Å². The van der Waals surface area contributed by atoms with Crippen LogP contribution in [0.2, 0.25) is 0 Å². The second-order valence-electron chi connectivity index (χ2n) is 6.49. The maximum Gasteiger partial charge on any atom is 0.255 e. The molecule has 1 unspecified atom stereocenters. The lowest BCUT2D eigenvalue weighted by Gasteiger charge is -2.19. The van der Waals surface area contributed by atoms with Gasteiger partial charge in [-0.2, -0.15) is 0 Å². The molecule has 7 nitrogen and oxygen atoms in total. The summed E-state index contributed by atoms with van der Waals surface area (Å²) < 4.78 is 1.80. The standard InChI is InChI=1S/C19H23N3O4/c23-12-16(19(26)20-13-5-1-2-6-13)21-18(25)15-11-14(7-8-17(15)24)22-9-3-4-10-22/h3-4,7-11,13,16,23-24H,1-2,5-6,12H2,(H,20,26)(H,21,25). The molecule has 1 aromatic carbocycles. The number of phenols is 1. The lowest BCUT2D eigenvalue weighted by molar-refractivity contribution is -0.124. The normalized spacial score (nSPS) is 15.6. The maximum atomic E-state index is 12.5. The number of aliphatic hydroxyl groups is 1. The summed E-state index contributed by atoms with van der Waals surface area (Å²) in [6.45, 7) is -0.512. The van der Waals surface area contributed by atoms with Gasteiger partial charge in [0.2, 0.25) is 5.91 Å². The molecule has 26 heavy (non-hydrogen) atoms. The fourth-order valence-corrected chi connectivity index (χ4v) is 3.18. The number of amides is 2. The molecule has 138 valence electrons. The highest BCUT2D eigenvalue weighted by Crippen LogP contribution is 2.21. The van der Waals surface area contributed by atoms with Crippen molar-refractivity contribution in [3.63, 3.8) is 0 Å². The molecule has 1 fully saturated rings. The number of hydrogen-bond donors (Lipinski definition) is 4. The molecule has 3 rings (SSSR count). The summed E-state index contributed by atoms with van der Waals surface area (Å²) >= 11 is 0. The molecule has 4 N–H and O–H groups in total. The minimum atomic E-state index is -1.06. The van der Waals surface area contributed by atoms with Crippen LogP contribution in [0.4, 0.5) is 0 Å². The van der Waals surface area contributed by atoms with Crippen LogP contribution in [0.15, 0.2) is 42.7 Å². The third-order valence-corrected chi connectivity index (χ3v) is 4.63. The fraction of sp³-hybridized carbons (Fsp3) is 0.368. The Hall–Kier alpha value is -2.80. The average molecular weight is 357 g/mol. The third kappa shape index (κ3) is 4.05. The van der Waals surface area contributed by atoms with Crippen molar-refractivity contribution in [1.29, 1.82) is 0 Å². The molecular weight excluding hydrogens is 334 g/mol. The number of carbonyl (C=O) groups is 2. The Morgan fingerprint density at radius 2 is 1.88 bits per heavy atom. The number of hydrogen-bond acceptors (Lipinski definition) is 4. The van der Waals surface area contributed by atoms with Crippen LogP contribution in [-0.2, 0) is 4.79 Å². The number of nitrogens with zero attached hydrogens (tertiary/aromatic N) is 1. The number of aromatic nitrogens is 1. The molecule has 1 aliphatic carbocycles. The summed E-state index contributed by atoms with van der Waals surface area (Å²) in [4.78, 5) is 24.8. The average Bonchev–Trinajstić information content (AvgIpc) is 3.33. The predicted octanol–water partition coefficient (Wildman–Crippen LogP) is 1.33. The lowest BCUT2D eigenvalue weighted by Crippen LogP contribution is -2.51. The molecule has 1 aliphatic rings. The highest BCUT2D eigenvalue weighted by Gasteiger charge is 2.25. The van der Waals surface area contributed by atoms with Gasteiger partial charge in [-0.1, -0.05) is 12.8 Å². The van der Waals surface area contributed by atoms with E-state index in [2.05, 4.69) is 10.6 Å². The van der Waals surface area contributed by atoms with Crippen molar-refractivity contribution in [2.24, 2.45) is 0 Å². The number of aliphatic hydroxyl groups excluding tert-OH is 1. The molecule has 2 amide bonds. The zero-order valence-electron chi connectivity index (χ0n) is 14.4. The van der Waals surface area contributed by atoms with E-state index in [4.69, 9.17) is 0 Å². The van der Waals surface area contributed by atoms with Crippen LogP contribution in [0.1, 0.15) is 36.0 Å². The topological polar surface area (TPSA) is 104 Å². The Morgan fingerprint density at radius 3 is 2.54 bits per heavy atom. The zero-order valence-corrected chi connectivity index (χ0v) is 14.4. The summed E-state index contributed by atoms with van der Waals surface area (Å²) in [6.07, 6.45) is 7.61. The predicted molar refractivity (Wildman–Crippen MR) is 96.2 cm³/mol. The van der Waals surface area contributed by atoms with Gasteiger partial charge in [-0.25, -0.2) is 0 Å². The summed E-state index contributed by atoms with van der Waals surface area (Å²) in [6, 6.07) is 7.38. The maximum absolute atomic E-state index is 12.5. The van der Waals surface area contributed by atoms with Gasteiger partial charge in [0, 0.05) is 24.1 Å². The molecule has 0 bridgehead atoms. The van der Waals surface area contributed by atoms with E-state index >= 15 is 0 Å². The largest absolute Gasteiger partial charge is 0.507 e. The Labute approximate surface area is 151 Å². The van der Waals surface area contributed by atoms with Crippen LogP contribution in [-0.4, -0.2) is 45.3 Å². The van der Waals surface area contributed by atoms with Crippen molar-refractivity contribution in [1.82, 2.24) is 15.2 Å². The first-order chi connectivity index (χ1) is 12.6. The second kappa shape index (κ2) is 8.05. The Morgan fingerprint density at radius 1 is 1.19 bits per heavy atom. The van der Waals surface area contributed by atoms with Crippen LogP contribution in [0.3, 0.4) is 0 Å². The van der Waals surface area contributed by atoms with Crippen LogP contribution in [0, 0.1) is 0 Å². The first kappa shape index (κ1) is 18.0. The van der Waals surface area contributed by atoms with E-state index in [0.29, 0.717) is 5.69 Å². The smallest absolute Gasteiger partial charge is 0.255 e. The van der Waals surface area contributed by atoms with Crippen molar-refractivity contribution in [3.05, 3.63) is 48.3 Å². The first-order valence-corrected chi connectivity index (χ1v) is 8.77. The summed E-state index contributed by atoms with van der Waals surface area (Å²) in [7, 11) is 0. The molecule has 0 radical (unpaired) electrons. The van der Waals surface area contributed by atoms with Crippen LogP contribution in [0.5, 0.6) is 5.75 Å². The van der Waals surface area contributed by atoms with Crippen molar-refractivity contribution in [2.75, 3.05) is 6.61 Å². The van der Waals surface area contributed by atoms with E-state index in [1.165, 1.54) is 12.1 Å². The molecule has 1 saturated carbocycles. The highest BCUT2D eigenvalue weighted by atomic mass is 16.3. The van der Waals surface area contributed by atoms with Gasteiger partial charge in [0.1, 0.15) is 11.8 Å². The molecule has 1 atom stereocenters. The molecule has 0 saturated heterocycles. The second-order valence-corrected chi connectivity index (χ2v) is 6.49. The number of phenolic OH excluding ortho intramolecular Hbond substituents is 1. The van der Waals surface area contributed by atoms with Gasteiger partial charge in [0.25, 0.3) is 5.91 Å². The van der Waals surface area contributed by atoms with Crippen LogP contribution in [0.25, 0.3) is 5.69 Å². The van der Waals surface area contributed by atoms with Gasteiger partial charge in [0.05, 0.1) is 12.2 Å². The quantitative estimate of drug-likeness (QED) is 0.626. The van der Waals surface area contributed by atoms with E-state index in [-0.39, 0.29) is 17.4 Å². The zero-order chi connectivity index (χ0) is 18.5. The first-order valence-electron chi connectivity index (χ1n) is 8.77. The SMILES string of the molecule is O=C(NC(CO)C(=O)NC1CCCC1)c1cc(-n2cccc2)ccc1O. The van der Waals surface area contributed by atoms with Crippen molar-refractivity contribution >= 4 is 11.8 Å². The monoisotopic (exact) mass is 357 g/mol. The van der Waals surface area contributed by atoms with Crippen LogP contribution >= 0.6 is 0 Å². The van der Waals surface area contributed by atoms with E-state index in [0.717, 1.165) is 25.7 Å². The fourth-order valence-electron chi connectivity index (χ4n) is 3.18.